The molecule has 1 rings (SSSR count). The predicted octanol–water partition coefficient (Wildman–Crippen LogP) is 2.61. The van der Waals surface area contributed by atoms with E-state index in [4.69, 9.17) is 5.26 Å². The number of halogens is 1. The van der Waals surface area contributed by atoms with Crippen LogP contribution in [-0.4, -0.2) is 10.9 Å². The first-order valence-corrected chi connectivity index (χ1v) is 7.92. The van der Waals surface area contributed by atoms with Crippen molar-refractivity contribution in [2.45, 2.75) is 13.8 Å². The van der Waals surface area contributed by atoms with E-state index >= 15 is 0 Å². The van der Waals surface area contributed by atoms with Crippen LogP contribution in [0.25, 0.3) is 0 Å². The van der Waals surface area contributed by atoms with Crippen molar-refractivity contribution in [1.29, 1.82) is 5.26 Å². The van der Waals surface area contributed by atoms with Crippen LogP contribution < -0.4 is 5.32 Å². The van der Waals surface area contributed by atoms with Gasteiger partial charge in [0, 0.05) is 28.1 Å². The van der Waals surface area contributed by atoms with Crippen molar-refractivity contribution in [3.63, 3.8) is 0 Å². The molecule has 86 valence electrons. The van der Waals surface area contributed by atoms with Crippen molar-refractivity contribution in [3.8, 4) is 17.2 Å². The molecule has 0 aliphatic rings. The lowest BCUT2D eigenvalue weighted by Crippen LogP contribution is -2.10. The monoisotopic (exact) mass is 357 g/mol. The summed E-state index contributed by atoms with van der Waals surface area (Å²) in [5.41, 5.74) is 1.58. The number of aromatic nitrogens is 1. The zero-order valence-corrected chi connectivity index (χ0v) is 12.1. The minimum atomic E-state index is -0.216. The fourth-order valence-corrected chi connectivity index (χ4v) is 1.63. The van der Waals surface area contributed by atoms with Crippen LogP contribution in [0.2, 0.25) is 0 Å². The summed E-state index contributed by atoms with van der Waals surface area (Å²) in [5, 5.41) is 14.3. The van der Waals surface area contributed by atoms with E-state index < -0.39 is 0 Å². The van der Waals surface area contributed by atoms with Crippen LogP contribution >= 0.6 is 30.1 Å². The van der Waals surface area contributed by atoms with Crippen LogP contribution in [0.4, 0.5) is 5.82 Å². The van der Waals surface area contributed by atoms with E-state index in [1.165, 1.54) is 15.9 Å². The SMILES string of the molecule is CC(=O)Nc1nc(C)c(C#N)cc1C#CSI. The third-order valence-electron chi connectivity index (χ3n) is 1.85. The van der Waals surface area contributed by atoms with Gasteiger partial charge in [0.1, 0.15) is 11.9 Å². The molecule has 1 aromatic heterocycles. The van der Waals surface area contributed by atoms with Crippen LogP contribution in [0, 0.1) is 29.4 Å². The summed E-state index contributed by atoms with van der Waals surface area (Å²) < 4.78 is 0. The highest BCUT2D eigenvalue weighted by molar-refractivity contribution is 14.2. The van der Waals surface area contributed by atoms with Gasteiger partial charge in [0.05, 0.1) is 16.8 Å². The molecule has 0 saturated heterocycles. The first-order valence-electron chi connectivity index (χ1n) is 4.56. The van der Waals surface area contributed by atoms with Gasteiger partial charge in [-0.3, -0.25) is 4.79 Å². The molecule has 1 amide bonds. The van der Waals surface area contributed by atoms with Crippen LogP contribution in [0.15, 0.2) is 6.07 Å². The number of nitrogens with one attached hydrogen (secondary N) is 1. The molecule has 0 atom stereocenters. The molecule has 1 heterocycles. The summed E-state index contributed by atoms with van der Waals surface area (Å²) >= 11 is 2.05. The number of hydrogen-bond donors (Lipinski definition) is 1. The van der Waals surface area contributed by atoms with Gasteiger partial charge >= 0.3 is 0 Å². The van der Waals surface area contributed by atoms with Gasteiger partial charge in [-0.15, -0.1) is 0 Å². The highest BCUT2D eigenvalue weighted by atomic mass is 127. The number of carbonyl (C=O) groups is 1. The number of anilines is 1. The largest absolute Gasteiger partial charge is 0.310 e. The summed E-state index contributed by atoms with van der Waals surface area (Å²) in [6.45, 7) is 3.12. The van der Waals surface area contributed by atoms with E-state index in [1.807, 2.05) is 27.3 Å². The van der Waals surface area contributed by atoms with Gasteiger partial charge in [-0.1, -0.05) is 5.92 Å². The van der Waals surface area contributed by atoms with Crippen LogP contribution in [0.1, 0.15) is 23.7 Å². The smallest absolute Gasteiger partial charge is 0.222 e. The number of hydrogen-bond acceptors (Lipinski definition) is 4. The number of rotatable bonds is 1. The maximum atomic E-state index is 11.0. The first kappa shape index (κ1) is 13.8. The lowest BCUT2D eigenvalue weighted by atomic mass is 10.1. The Morgan fingerprint density at radius 2 is 2.29 bits per heavy atom. The van der Waals surface area contributed by atoms with Gasteiger partial charge in [-0.2, -0.15) is 5.26 Å². The van der Waals surface area contributed by atoms with Gasteiger partial charge in [0.15, 0.2) is 0 Å². The molecule has 0 aliphatic carbocycles. The number of carbonyl (C=O) groups excluding carboxylic acids is 1. The zero-order valence-electron chi connectivity index (χ0n) is 9.17. The number of nitrogens with zero attached hydrogens (tertiary/aromatic N) is 2. The van der Waals surface area contributed by atoms with E-state index in [0.717, 1.165) is 0 Å². The lowest BCUT2D eigenvalue weighted by molar-refractivity contribution is -0.114. The minimum absolute atomic E-state index is 0.216. The Bertz CT molecular complexity index is 554. The standard InChI is InChI=1S/C11H8IN3OS/c1-7-10(6-13)5-9(3-4-17-12)11(14-7)15-8(2)16/h5H,1-2H3,(H,14,15,16). The molecule has 4 nitrogen and oxygen atoms in total. The Kier molecular flexibility index (Phi) is 5.26. The number of pyridine rings is 1. The minimum Gasteiger partial charge on any atom is -0.310 e. The molecule has 0 bridgehead atoms. The highest BCUT2D eigenvalue weighted by Crippen LogP contribution is 2.17. The Morgan fingerprint density at radius 1 is 1.59 bits per heavy atom. The maximum Gasteiger partial charge on any atom is 0.222 e. The molecule has 17 heavy (non-hydrogen) atoms. The Hall–Kier alpha value is -1.25. The second-order valence-corrected chi connectivity index (χ2v) is 4.79. The topological polar surface area (TPSA) is 65.8 Å². The molecule has 0 aliphatic heterocycles. The van der Waals surface area contributed by atoms with Crippen LogP contribution in [-0.2, 0) is 4.79 Å². The number of aryl methyl sites for hydroxylation is 1. The van der Waals surface area contributed by atoms with Crippen molar-refractivity contribution in [2.75, 3.05) is 5.32 Å². The van der Waals surface area contributed by atoms with E-state index in [9.17, 15) is 4.79 Å². The van der Waals surface area contributed by atoms with Gasteiger partial charge in [-0.05, 0) is 27.2 Å². The van der Waals surface area contributed by atoms with Gasteiger partial charge in [0.2, 0.25) is 5.91 Å². The summed E-state index contributed by atoms with van der Waals surface area (Å²) in [5.74, 6) is 3.03. The van der Waals surface area contributed by atoms with Crippen molar-refractivity contribution in [2.24, 2.45) is 0 Å². The molecule has 0 aromatic carbocycles. The van der Waals surface area contributed by atoms with Crippen LogP contribution in [0.5, 0.6) is 0 Å². The molecule has 0 spiro atoms. The summed E-state index contributed by atoms with van der Waals surface area (Å²) in [4.78, 5) is 15.2. The number of nitriles is 1. The molecule has 1 aromatic rings. The van der Waals surface area contributed by atoms with Gasteiger partial charge in [0.25, 0.3) is 0 Å². The van der Waals surface area contributed by atoms with E-state index in [1.54, 1.807) is 13.0 Å². The van der Waals surface area contributed by atoms with Crippen molar-refractivity contribution in [1.82, 2.24) is 4.98 Å². The van der Waals surface area contributed by atoms with Crippen molar-refractivity contribution < 1.29 is 4.79 Å². The average Bonchev–Trinajstić information content (AvgIpc) is 2.27. The second kappa shape index (κ2) is 6.48. The second-order valence-electron chi connectivity index (χ2n) is 3.11. The predicted molar refractivity (Wildman–Crippen MR) is 76.5 cm³/mol. The summed E-state index contributed by atoms with van der Waals surface area (Å²) in [6, 6.07) is 3.67. The maximum absolute atomic E-state index is 11.0. The van der Waals surface area contributed by atoms with E-state index in [-0.39, 0.29) is 5.91 Å². The van der Waals surface area contributed by atoms with Crippen LogP contribution in [0.3, 0.4) is 0 Å². The molecule has 0 fully saturated rings. The third kappa shape index (κ3) is 3.91. The van der Waals surface area contributed by atoms with Gasteiger partial charge < -0.3 is 5.32 Å². The molecule has 0 radical (unpaired) electrons. The van der Waals surface area contributed by atoms with Crippen molar-refractivity contribution in [3.05, 3.63) is 22.9 Å². The molecule has 6 heteroatoms. The molecular formula is C11H8IN3OS. The molecule has 0 unspecified atom stereocenters. The zero-order chi connectivity index (χ0) is 12.8. The van der Waals surface area contributed by atoms with E-state index in [0.29, 0.717) is 22.6 Å². The lowest BCUT2D eigenvalue weighted by Gasteiger charge is -2.06. The number of amides is 1. The first-order chi connectivity index (χ1) is 8.08. The fraction of sp³-hybridized carbons (Fsp3) is 0.182. The summed E-state index contributed by atoms with van der Waals surface area (Å²) in [6.07, 6.45) is 0. The fourth-order valence-electron chi connectivity index (χ4n) is 1.15. The Balaban J connectivity index is 3.31. The molecular weight excluding hydrogens is 349 g/mol. The third-order valence-corrected chi connectivity index (χ3v) is 2.69. The normalized spacial score (nSPS) is 8.82. The molecule has 0 saturated carbocycles. The molecule has 1 N–H and O–H groups in total. The Labute approximate surface area is 116 Å². The average molecular weight is 357 g/mol. The van der Waals surface area contributed by atoms with Gasteiger partial charge in [-0.25, -0.2) is 4.98 Å². The highest BCUT2D eigenvalue weighted by Gasteiger charge is 2.08. The summed E-state index contributed by atoms with van der Waals surface area (Å²) in [7, 11) is 1.33. The quantitative estimate of drug-likeness (QED) is 0.620. The van der Waals surface area contributed by atoms with E-state index in [2.05, 4.69) is 21.5 Å². The Morgan fingerprint density at radius 3 is 2.82 bits per heavy atom. The van der Waals surface area contributed by atoms with Crippen molar-refractivity contribution >= 4 is 41.9 Å².